The predicted octanol–water partition coefficient (Wildman–Crippen LogP) is 3.60. The number of nitrogens with zero attached hydrogens (tertiary/aromatic N) is 3. The third-order valence-corrected chi connectivity index (χ3v) is 5.60. The summed E-state index contributed by atoms with van der Waals surface area (Å²) in [6, 6.07) is 3.63. The van der Waals surface area contributed by atoms with Gasteiger partial charge >= 0.3 is 0 Å². The van der Waals surface area contributed by atoms with E-state index in [0.717, 1.165) is 50.4 Å². The summed E-state index contributed by atoms with van der Waals surface area (Å²) in [5.41, 5.74) is 0.407. The molecule has 0 aliphatic carbocycles. The predicted molar refractivity (Wildman–Crippen MR) is 109 cm³/mol. The van der Waals surface area contributed by atoms with Crippen LogP contribution in [0.5, 0.6) is 0 Å². The summed E-state index contributed by atoms with van der Waals surface area (Å²) in [4.78, 5) is 33.4. The first-order valence-electron chi connectivity index (χ1n) is 9.96. The summed E-state index contributed by atoms with van der Waals surface area (Å²) in [6.07, 6.45) is 6.20. The first-order valence-corrected chi connectivity index (χ1v) is 10.8. The van der Waals surface area contributed by atoms with Gasteiger partial charge in [0.1, 0.15) is 11.5 Å². The molecule has 0 saturated carbocycles. The summed E-state index contributed by atoms with van der Waals surface area (Å²) >= 11 is 1.43. The fourth-order valence-corrected chi connectivity index (χ4v) is 3.90. The summed E-state index contributed by atoms with van der Waals surface area (Å²) < 4.78 is 5.41. The van der Waals surface area contributed by atoms with E-state index < -0.39 is 0 Å². The monoisotopic (exact) mass is 404 g/mol. The number of anilines is 1. The molecular formula is C20H28N4O3S. The Hall–Kier alpha value is -2.35. The number of furan rings is 1. The van der Waals surface area contributed by atoms with Gasteiger partial charge in [0, 0.05) is 38.0 Å². The van der Waals surface area contributed by atoms with E-state index in [1.165, 1.54) is 11.3 Å². The SMILES string of the molecule is CCCCNc1nc(C(=O)N(CCC(=O)N2CCCC2)Cc2ccco2)cs1. The van der Waals surface area contributed by atoms with Crippen LogP contribution in [0.4, 0.5) is 5.13 Å². The van der Waals surface area contributed by atoms with E-state index >= 15 is 0 Å². The van der Waals surface area contributed by atoms with Crippen molar-refractivity contribution < 1.29 is 14.0 Å². The van der Waals surface area contributed by atoms with Crippen LogP contribution in [0.2, 0.25) is 0 Å². The molecule has 1 aliphatic heterocycles. The molecule has 1 saturated heterocycles. The summed E-state index contributed by atoms with van der Waals surface area (Å²) in [6.45, 7) is 5.31. The Morgan fingerprint density at radius 3 is 2.89 bits per heavy atom. The molecule has 2 aromatic rings. The van der Waals surface area contributed by atoms with Crippen LogP contribution in [0.3, 0.4) is 0 Å². The largest absolute Gasteiger partial charge is 0.467 e. The van der Waals surface area contributed by atoms with Gasteiger partial charge in [0.2, 0.25) is 5.91 Å². The minimum Gasteiger partial charge on any atom is -0.467 e. The Balaban J connectivity index is 1.63. The number of carbonyl (C=O) groups excluding carboxylic acids is 2. The number of thiazole rings is 1. The van der Waals surface area contributed by atoms with Crippen LogP contribution in [-0.2, 0) is 11.3 Å². The van der Waals surface area contributed by atoms with E-state index in [0.29, 0.717) is 31.0 Å². The number of nitrogens with one attached hydrogen (secondary N) is 1. The van der Waals surface area contributed by atoms with Crippen LogP contribution in [-0.4, -0.2) is 52.8 Å². The second-order valence-electron chi connectivity index (χ2n) is 6.96. The Morgan fingerprint density at radius 2 is 2.18 bits per heavy atom. The molecule has 1 aliphatic rings. The lowest BCUT2D eigenvalue weighted by molar-refractivity contribution is -0.130. The van der Waals surface area contributed by atoms with Crippen molar-refractivity contribution in [2.24, 2.45) is 0 Å². The third-order valence-electron chi connectivity index (χ3n) is 4.80. The zero-order valence-corrected chi connectivity index (χ0v) is 17.2. The van der Waals surface area contributed by atoms with E-state index in [1.807, 2.05) is 11.0 Å². The highest BCUT2D eigenvalue weighted by Crippen LogP contribution is 2.19. The zero-order chi connectivity index (χ0) is 19.8. The quantitative estimate of drug-likeness (QED) is 0.612. The van der Waals surface area contributed by atoms with Crippen LogP contribution < -0.4 is 5.32 Å². The fraction of sp³-hybridized carbons (Fsp3) is 0.550. The van der Waals surface area contributed by atoms with Crippen molar-refractivity contribution in [2.75, 3.05) is 31.5 Å². The van der Waals surface area contributed by atoms with Crippen molar-refractivity contribution in [2.45, 2.75) is 45.6 Å². The summed E-state index contributed by atoms with van der Waals surface area (Å²) in [7, 11) is 0. The standard InChI is InChI=1S/C20H28N4O3S/c1-2-3-9-21-20-22-17(15-28-20)19(26)24(14-16-7-6-13-27-16)12-8-18(25)23-10-4-5-11-23/h6-7,13,15H,2-5,8-12,14H2,1H3,(H,21,22). The first-order chi connectivity index (χ1) is 13.7. The molecular weight excluding hydrogens is 376 g/mol. The molecule has 1 N–H and O–H groups in total. The fourth-order valence-electron chi connectivity index (χ4n) is 3.19. The minimum absolute atomic E-state index is 0.106. The minimum atomic E-state index is -0.176. The lowest BCUT2D eigenvalue weighted by atomic mass is 10.3. The van der Waals surface area contributed by atoms with E-state index in [1.54, 1.807) is 22.6 Å². The van der Waals surface area contributed by atoms with Gasteiger partial charge in [0.25, 0.3) is 5.91 Å². The van der Waals surface area contributed by atoms with Gasteiger partial charge in [-0.15, -0.1) is 11.3 Å². The molecule has 28 heavy (non-hydrogen) atoms. The zero-order valence-electron chi connectivity index (χ0n) is 16.4. The summed E-state index contributed by atoms with van der Waals surface area (Å²) in [5, 5.41) is 5.77. The van der Waals surface area contributed by atoms with Gasteiger partial charge in [0.05, 0.1) is 12.8 Å². The molecule has 7 nitrogen and oxygen atoms in total. The van der Waals surface area contributed by atoms with Crippen LogP contribution >= 0.6 is 11.3 Å². The lowest BCUT2D eigenvalue weighted by Gasteiger charge is -2.22. The Labute approximate surface area is 169 Å². The van der Waals surface area contributed by atoms with Gasteiger partial charge in [-0.3, -0.25) is 9.59 Å². The van der Waals surface area contributed by atoms with Crippen LogP contribution in [0.15, 0.2) is 28.2 Å². The van der Waals surface area contributed by atoms with E-state index in [2.05, 4.69) is 17.2 Å². The first kappa shape index (κ1) is 20.4. The second-order valence-corrected chi connectivity index (χ2v) is 7.82. The van der Waals surface area contributed by atoms with Gasteiger partial charge < -0.3 is 19.5 Å². The number of amides is 2. The Bertz CT molecular complexity index is 753. The molecule has 0 radical (unpaired) electrons. The number of aromatic nitrogens is 1. The molecule has 1 fully saturated rings. The number of likely N-dealkylation sites (tertiary alicyclic amines) is 1. The molecule has 0 spiro atoms. The highest BCUT2D eigenvalue weighted by atomic mass is 32.1. The topological polar surface area (TPSA) is 78.7 Å². The average Bonchev–Trinajstić information content (AvgIpc) is 3.47. The number of carbonyl (C=O) groups is 2. The number of hydrogen-bond donors (Lipinski definition) is 1. The van der Waals surface area contributed by atoms with Gasteiger partial charge in [-0.2, -0.15) is 0 Å². The highest BCUT2D eigenvalue weighted by Gasteiger charge is 2.23. The van der Waals surface area contributed by atoms with Gasteiger partial charge in [-0.05, 0) is 31.4 Å². The molecule has 2 aromatic heterocycles. The van der Waals surface area contributed by atoms with Crippen molar-refractivity contribution in [3.63, 3.8) is 0 Å². The number of hydrogen-bond acceptors (Lipinski definition) is 6. The summed E-state index contributed by atoms with van der Waals surface area (Å²) in [5.74, 6) is 0.624. The molecule has 0 aromatic carbocycles. The molecule has 0 atom stereocenters. The molecule has 152 valence electrons. The maximum atomic E-state index is 13.0. The van der Waals surface area contributed by atoms with Crippen molar-refractivity contribution in [1.82, 2.24) is 14.8 Å². The molecule has 0 bridgehead atoms. The van der Waals surface area contributed by atoms with Crippen molar-refractivity contribution in [1.29, 1.82) is 0 Å². The maximum absolute atomic E-state index is 13.0. The lowest BCUT2D eigenvalue weighted by Crippen LogP contribution is -2.36. The number of unbranched alkanes of at least 4 members (excludes halogenated alkanes) is 1. The van der Waals surface area contributed by atoms with Crippen molar-refractivity contribution >= 4 is 28.3 Å². The van der Waals surface area contributed by atoms with Gasteiger partial charge in [-0.1, -0.05) is 13.3 Å². The van der Waals surface area contributed by atoms with Gasteiger partial charge in [-0.25, -0.2) is 4.98 Å². The van der Waals surface area contributed by atoms with Crippen molar-refractivity contribution in [3.05, 3.63) is 35.2 Å². The van der Waals surface area contributed by atoms with Crippen LogP contribution in [0, 0.1) is 0 Å². The van der Waals surface area contributed by atoms with E-state index in [-0.39, 0.29) is 11.8 Å². The normalized spacial score (nSPS) is 13.7. The Morgan fingerprint density at radius 1 is 1.36 bits per heavy atom. The average molecular weight is 405 g/mol. The molecule has 3 rings (SSSR count). The second kappa shape index (κ2) is 10.3. The van der Waals surface area contributed by atoms with E-state index in [9.17, 15) is 9.59 Å². The maximum Gasteiger partial charge on any atom is 0.273 e. The molecule has 8 heteroatoms. The smallest absolute Gasteiger partial charge is 0.273 e. The van der Waals surface area contributed by atoms with Gasteiger partial charge in [0.15, 0.2) is 5.13 Å². The Kier molecular flexibility index (Phi) is 7.47. The van der Waals surface area contributed by atoms with Crippen LogP contribution in [0.25, 0.3) is 0 Å². The molecule has 0 unspecified atom stereocenters. The van der Waals surface area contributed by atoms with Crippen LogP contribution in [0.1, 0.15) is 55.3 Å². The number of rotatable bonds is 10. The third kappa shape index (κ3) is 5.58. The van der Waals surface area contributed by atoms with E-state index in [4.69, 9.17) is 4.42 Å². The highest BCUT2D eigenvalue weighted by molar-refractivity contribution is 7.13. The van der Waals surface area contributed by atoms with Crippen molar-refractivity contribution in [3.8, 4) is 0 Å². The molecule has 2 amide bonds. The molecule has 3 heterocycles.